The summed E-state index contributed by atoms with van der Waals surface area (Å²) in [6.07, 6.45) is 0.745. The fraction of sp³-hybridized carbons (Fsp3) is 0.667. The maximum absolute atomic E-state index is 10.7. The highest BCUT2D eigenvalue weighted by molar-refractivity contribution is 5.29. The maximum Gasteiger partial charge on any atom is 0.0828 e. The van der Waals surface area contributed by atoms with E-state index in [1.807, 2.05) is 0 Å². The molecule has 1 aromatic rings. The lowest BCUT2D eigenvalue weighted by molar-refractivity contribution is 0.130. The summed E-state index contributed by atoms with van der Waals surface area (Å²) in [6, 6.07) is 8.51. The smallest absolute Gasteiger partial charge is 0.0828 e. The molecule has 1 N–H and O–H groups in total. The first-order valence-electron chi connectivity index (χ1n) is 7.45. The zero-order chi connectivity index (χ0) is 14.4. The molecule has 1 fully saturated rings. The van der Waals surface area contributed by atoms with Gasteiger partial charge in [0.2, 0.25) is 0 Å². The van der Waals surface area contributed by atoms with Gasteiger partial charge in [-0.05, 0) is 34.3 Å². The fourth-order valence-corrected chi connectivity index (χ4v) is 3.60. The van der Waals surface area contributed by atoms with Gasteiger partial charge < -0.3 is 5.11 Å². The molecule has 19 heavy (non-hydrogen) atoms. The molecule has 0 aliphatic heterocycles. The van der Waals surface area contributed by atoms with Gasteiger partial charge in [-0.2, -0.15) is 0 Å². The third-order valence-electron chi connectivity index (χ3n) is 5.38. The molecule has 0 bridgehead atoms. The molecule has 106 valence electrons. The average molecular weight is 260 g/mol. The van der Waals surface area contributed by atoms with Crippen LogP contribution in [0.3, 0.4) is 0 Å². The van der Waals surface area contributed by atoms with Crippen molar-refractivity contribution >= 4 is 0 Å². The molecule has 0 amide bonds. The van der Waals surface area contributed by atoms with Crippen molar-refractivity contribution < 1.29 is 5.11 Å². The topological polar surface area (TPSA) is 20.2 Å². The van der Waals surface area contributed by atoms with Crippen LogP contribution in [0.5, 0.6) is 0 Å². The Labute approximate surface area is 118 Å². The standard InChI is InChI=1S/C18H28O/c1-12(2)10-13-8-7-9-14(11-13)15(19)16-17(3,4)18(16,5)6/h7-9,11-12,15-16,19H,10H2,1-6H3. The minimum Gasteiger partial charge on any atom is -0.388 e. The van der Waals surface area contributed by atoms with Crippen LogP contribution in [0.25, 0.3) is 0 Å². The SMILES string of the molecule is CC(C)Cc1cccc(C(O)C2C(C)(C)C2(C)C)c1. The maximum atomic E-state index is 10.7. The van der Waals surface area contributed by atoms with Crippen molar-refractivity contribution in [2.45, 2.75) is 54.1 Å². The Kier molecular flexibility index (Phi) is 3.55. The van der Waals surface area contributed by atoms with E-state index in [9.17, 15) is 5.11 Å². The number of aliphatic hydroxyl groups is 1. The van der Waals surface area contributed by atoms with Crippen LogP contribution >= 0.6 is 0 Å². The van der Waals surface area contributed by atoms with Gasteiger partial charge in [0, 0.05) is 5.92 Å². The van der Waals surface area contributed by atoms with Crippen molar-refractivity contribution in [2.75, 3.05) is 0 Å². The fourth-order valence-electron chi connectivity index (χ4n) is 3.60. The Morgan fingerprint density at radius 2 is 1.68 bits per heavy atom. The van der Waals surface area contributed by atoms with Crippen molar-refractivity contribution in [2.24, 2.45) is 22.7 Å². The van der Waals surface area contributed by atoms with Gasteiger partial charge in [0.15, 0.2) is 0 Å². The highest BCUT2D eigenvalue weighted by Crippen LogP contribution is 2.72. The van der Waals surface area contributed by atoms with E-state index < -0.39 is 0 Å². The van der Waals surface area contributed by atoms with Crippen LogP contribution in [0.2, 0.25) is 0 Å². The molecule has 1 aromatic carbocycles. The van der Waals surface area contributed by atoms with Crippen molar-refractivity contribution in [3.05, 3.63) is 35.4 Å². The van der Waals surface area contributed by atoms with Crippen molar-refractivity contribution in [1.29, 1.82) is 0 Å². The molecule has 1 heteroatoms. The third kappa shape index (κ3) is 2.45. The Bertz CT molecular complexity index is 443. The van der Waals surface area contributed by atoms with Crippen molar-refractivity contribution in [3.63, 3.8) is 0 Å². The molecule has 0 aromatic heterocycles. The summed E-state index contributed by atoms with van der Waals surface area (Å²) in [5.74, 6) is 1.01. The number of rotatable bonds is 4. The summed E-state index contributed by atoms with van der Waals surface area (Å²) in [6.45, 7) is 13.5. The predicted octanol–water partition coefficient (Wildman–Crippen LogP) is 4.60. The van der Waals surface area contributed by atoms with Gasteiger partial charge in [0.05, 0.1) is 6.10 Å². The molecule has 1 saturated carbocycles. The minimum atomic E-state index is -0.336. The molecular formula is C18H28O. The molecule has 0 spiro atoms. The number of benzene rings is 1. The first-order valence-corrected chi connectivity index (χ1v) is 7.45. The molecule has 0 heterocycles. The lowest BCUT2D eigenvalue weighted by Crippen LogP contribution is -2.06. The van der Waals surface area contributed by atoms with Crippen molar-refractivity contribution in [3.8, 4) is 0 Å². The number of hydrogen-bond donors (Lipinski definition) is 1. The van der Waals surface area contributed by atoms with E-state index >= 15 is 0 Å². The minimum absolute atomic E-state index is 0.223. The zero-order valence-electron chi connectivity index (χ0n) is 13.2. The molecule has 0 radical (unpaired) electrons. The molecule has 2 rings (SSSR count). The normalized spacial score (nSPS) is 22.5. The van der Waals surface area contributed by atoms with E-state index in [0.29, 0.717) is 11.8 Å². The van der Waals surface area contributed by atoms with Crippen LogP contribution in [0.1, 0.15) is 58.8 Å². The zero-order valence-corrected chi connectivity index (χ0v) is 13.2. The summed E-state index contributed by atoms with van der Waals surface area (Å²) in [7, 11) is 0. The Hall–Kier alpha value is -0.820. The van der Waals surface area contributed by atoms with Crippen LogP contribution in [0.15, 0.2) is 24.3 Å². The van der Waals surface area contributed by atoms with E-state index in [1.54, 1.807) is 0 Å². The molecule has 0 saturated heterocycles. The van der Waals surface area contributed by atoms with Gasteiger partial charge >= 0.3 is 0 Å². The predicted molar refractivity (Wildman–Crippen MR) is 81.0 cm³/mol. The lowest BCUT2D eigenvalue weighted by atomic mass is 9.95. The van der Waals surface area contributed by atoms with E-state index in [-0.39, 0.29) is 16.9 Å². The summed E-state index contributed by atoms with van der Waals surface area (Å²) < 4.78 is 0. The molecule has 1 unspecified atom stereocenters. The van der Waals surface area contributed by atoms with Gasteiger partial charge in [-0.15, -0.1) is 0 Å². The Morgan fingerprint density at radius 3 is 2.16 bits per heavy atom. The van der Waals surface area contributed by atoms with E-state index in [4.69, 9.17) is 0 Å². The van der Waals surface area contributed by atoms with E-state index in [1.165, 1.54) is 5.56 Å². The van der Waals surface area contributed by atoms with Crippen LogP contribution in [-0.2, 0) is 6.42 Å². The van der Waals surface area contributed by atoms with E-state index in [2.05, 4.69) is 65.8 Å². The largest absolute Gasteiger partial charge is 0.388 e. The molecule has 1 aliphatic rings. The summed E-state index contributed by atoms with van der Waals surface area (Å²) in [4.78, 5) is 0. The van der Waals surface area contributed by atoms with Crippen LogP contribution in [-0.4, -0.2) is 5.11 Å². The van der Waals surface area contributed by atoms with Gasteiger partial charge in [0.1, 0.15) is 0 Å². The van der Waals surface area contributed by atoms with Gasteiger partial charge in [0.25, 0.3) is 0 Å². The van der Waals surface area contributed by atoms with Gasteiger partial charge in [-0.25, -0.2) is 0 Å². The third-order valence-corrected chi connectivity index (χ3v) is 5.38. The lowest BCUT2D eigenvalue weighted by Gasteiger charge is -2.15. The second-order valence-electron chi connectivity index (χ2n) is 7.71. The number of hydrogen-bond acceptors (Lipinski definition) is 1. The second kappa shape index (κ2) is 4.63. The first-order chi connectivity index (χ1) is 8.68. The highest BCUT2D eigenvalue weighted by Gasteiger charge is 2.67. The summed E-state index contributed by atoms with van der Waals surface area (Å²) in [5.41, 5.74) is 2.87. The van der Waals surface area contributed by atoms with Crippen LogP contribution in [0, 0.1) is 22.7 Å². The summed E-state index contributed by atoms with van der Waals surface area (Å²) in [5, 5.41) is 10.7. The van der Waals surface area contributed by atoms with E-state index in [0.717, 1.165) is 12.0 Å². The van der Waals surface area contributed by atoms with Gasteiger partial charge in [-0.1, -0.05) is 65.8 Å². The Morgan fingerprint density at radius 1 is 1.11 bits per heavy atom. The summed E-state index contributed by atoms with van der Waals surface area (Å²) >= 11 is 0. The monoisotopic (exact) mass is 260 g/mol. The number of aliphatic hydroxyl groups excluding tert-OH is 1. The average Bonchev–Trinajstić information content (AvgIpc) is 2.68. The Balaban J connectivity index is 2.19. The highest BCUT2D eigenvalue weighted by atomic mass is 16.3. The van der Waals surface area contributed by atoms with Gasteiger partial charge in [-0.3, -0.25) is 0 Å². The second-order valence-corrected chi connectivity index (χ2v) is 7.71. The van der Waals surface area contributed by atoms with Crippen LogP contribution in [0.4, 0.5) is 0 Å². The molecule has 1 aliphatic carbocycles. The first kappa shape index (κ1) is 14.6. The molecule has 1 nitrogen and oxygen atoms in total. The molecular weight excluding hydrogens is 232 g/mol. The van der Waals surface area contributed by atoms with Crippen LogP contribution < -0.4 is 0 Å². The van der Waals surface area contributed by atoms with Crippen molar-refractivity contribution in [1.82, 2.24) is 0 Å². The quantitative estimate of drug-likeness (QED) is 0.838. The molecule has 1 atom stereocenters.